The fourth-order valence-corrected chi connectivity index (χ4v) is 3.43. The lowest BCUT2D eigenvalue weighted by Crippen LogP contribution is -2.48. The molecule has 0 saturated carbocycles. The number of benzene rings is 1. The van der Waals surface area contributed by atoms with Gasteiger partial charge in [0.1, 0.15) is 5.75 Å². The van der Waals surface area contributed by atoms with E-state index in [1.165, 1.54) is 0 Å². The zero-order valence-electron chi connectivity index (χ0n) is 15.8. The minimum absolute atomic E-state index is 0.0748. The number of carbonyl (C=O) groups is 2. The van der Waals surface area contributed by atoms with Crippen molar-refractivity contribution in [1.82, 2.24) is 9.80 Å². The maximum Gasteiger partial charge on any atom is 0.317 e. The van der Waals surface area contributed by atoms with Gasteiger partial charge in [-0.15, -0.1) is 0 Å². The number of ether oxygens (including phenoxy) is 1. The Morgan fingerprint density at radius 1 is 1.31 bits per heavy atom. The van der Waals surface area contributed by atoms with Crippen LogP contribution in [-0.2, 0) is 9.59 Å². The highest BCUT2D eigenvalue weighted by Gasteiger charge is 2.26. The van der Waals surface area contributed by atoms with Gasteiger partial charge in [0.2, 0.25) is 5.91 Å². The van der Waals surface area contributed by atoms with Gasteiger partial charge in [-0.25, -0.2) is 0 Å². The molecule has 0 bridgehead atoms. The smallest absolute Gasteiger partial charge is 0.317 e. The van der Waals surface area contributed by atoms with E-state index < -0.39 is 5.97 Å². The number of carbonyl (C=O) groups excluding carboxylic acids is 1. The monoisotopic (exact) mass is 362 g/mol. The number of amides is 1. The van der Waals surface area contributed by atoms with Crippen molar-refractivity contribution in [2.24, 2.45) is 0 Å². The molecule has 1 aliphatic rings. The first-order valence-corrected chi connectivity index (χ1v) is 9.42. The maximum absolute atomic E-state index is 12.4. The molecule has 1 fully saturated rings. The van der Waals surface area contributed by atoms with E-state index in [0.29, 0.717) is 32.5 Å². The van der Waals surface area contributed by atoms with Crippen LogP contribution in [0.25, 0.3) is 0 Å². The molecule has 144 valence electrons. The number of aliphatic carboxylic acids is 1. The van der Waals surface area contributed by atoms with Crippen molar-refractivity contribution in [3.05, 3.63) is 29.8 Å². The molecule has 0 atom stereocenters. The summed E-state index contributed by atoms with van der Waals surface area (Å²) in [5.74, 6) is 0.216. The van der Waals surface area contributed by atoms with E-state index >= 15 is 0 Å². The van der Waals surface area contributed by atoms with Crippen molar-refractivity contribution in [3.63, 3.8) is 0 Å². The van der Waals surface area contributed by atoms with Crippen molar-refractivity contribution in [2.75, 3.05) is 32.8 Å². The highest BCUT2D eigenvalue weighted by molar-refractivity contribution is 5.76. The number of aryl methyl sites for hydroxylation is 1. The van der Waals surface area contributed by atoms with Gasteiger partial charge in [-0.3, -0.25) is 14.5 Å². The Morgan fingerprint density at radius 3 is 2.65 bits per heavy atom. The van der Waals surface area contributed by atoms with Gasteiger partial charge in [-0.05, 0) is 50.4 Å². The summed E-state index contributed by atoms with van der Waals surface area (Å²) in [5.41, 5.74) is 1.16. The first-order chi connectivity index (χ1) is 12.5. The van der Waals surface area contributed by atoms with Gasteiger partial charge in [0, 0.05) is 25.6 Å². The molecule has 0 aromatic heterocycles. The number of rotatable bonds is 9. The Morgan fingerprint density at radius 2 is 2.04 bits per heavy atom. The van der Waals surface area contributed by atoms with Crippen LogP contribution in [0.4, 0.5) is 0 Å². The fraction of sp³-hybridized carbons (Fsp3) is 0.600. The summed E-state index contributed by atoms with van der Waals surface area (Å²) in [6, 6.07) is 8.16. The molecule has 1 aliphatic heterocycles. The van der Waals surface area contributed by atoms with Crippen molar-refractivity contribution in [2.45, 2.75) is 45.6 Å². The van der Waals surface area contributed by atoms with E-state index in [2.05, 4.69) is 0 Å². The number of nitrogens with zero attached hydrogens (tertiary/aromatic N) is 2. The molecule has 2 rings (SSSR count). The lowest BCUT2D eigenvalue weighted by molar-refractivity contribution is -0.140. The van der Waals surface area contributed by atoms with Crippen LogP contribution in [0.5, 0.6) is 5.75 Å². The molecule has 1 aromatic rings. The Labute approximate surface area is 155 Å². The first kappa shape index (κ1) is 20.2. The van der Waals surface area contributed by atoms with Gasteiger partial charge in [0.25, 0.3) is 0 Å². The Kier molecular flexibility index (Phi) is 7.91. The van der Waals surface area contributed by atoms with Crippen LogP contribution < -0.4 is 4.74 Å². The summed E-state index contributed by atoms with van der Waals surface area (Å²) in [4.78, 5) is 27.2. The fourth-order valence-electron chi connectivity index (χ4n) is 3.43. The van der Waals surface area contributed by atoms with Gasteiger partial charge in [-0.2, -0.15) is 0 Å². The Hall–Kier alpha value is -2.08. The predicted octanol–water partition coefficient (Wildman–Crippen LogP) is 2.55. The largest absolute Gasteiger partial charge is 0.494 e. The van der Waals surface area contributed by atoms with Crippen LogP contribution in [0.15, 0.2) is 24.3 Å². The minimum atomic E-state index is -0.793. The molecule has 1 heterocycles. The number of carboxylic acid groups (broad SMARTS) is 1. The van der Waals surface area contributed by atoms with E-state index in [-0.39, 0.29) is 18.5 Å². The van der Waals surface area contributed by atoms with Crippen LogP contribution in [0.2, 0.25) is 0 Å². The summed E-state index contributed by atoms with van der Waals surface area (Å²) < 4.78 is 5.69. The molecule has 0 unspecified atom stereocenters. The number of hydrogen-bond donors (Lipinski definition) is 1. The SMILES string of the molecule is CCN(CC(=O)O)C1CCN(C(=O)CCCOc2cccc(C)c2)CC1. The van der Waals surface area contributed by atoms with Gasteiger partial charge in [0.05, 0.1) is 13.2 Å². The second-order valence-corrected chi connectivity index (χ2v) is 6.84. The summed E-state index contributed by atoms with van der Waals surface area (Å²) in [6.45, 7) is 6.75. The van der Waals surface area contributed by atoms with Crippen LogP contribution >= 0.6 is 0 Å². The van der Waals surface area contributed by atoms with Gasteiger partial charge >= 0.3 is 5.97 Å². The standard InChI is InChI=1S/C20H30N2O4/c1-3-21(15-20(24)25)17-9-11-22(12-10-17)19(23)8-5-13-26-18-7-4-6-16(2)14-18/h4,6-7,14,17H,3,5,8-13,15H2,1-2H3,(H,24,25). The van der Waals surface area contributed by atoms with Gasteiger partial charge < -0.3 is 14.7 Å². The third kappa shape index (κ3) is 6.33. The molecule has 1 N–H and O–H groups in total. The summed E-state index contributed by atoms with van der Waals surface area (Å²) in [5, 5.41) is 8.99. The Bertz CT molecular complexity index is 597. The van der Waals surface area contributed by atoms with Crippen LogP contribution in [0.1, 0.15) is 38.2 Å². The molecule has 26 heavy (non-hydrogen) atoms. The maximum atomic E-state index is 12.4. The molecule has 1 saturated heterocycles. The lowest BCUT2D eigenvalue weighted by Gasteiger charge is -2.37. The predicted molar refractivity (Wildman–Crippen MR) is 100 cm³/mol. The lowest BCUT2D eigenvalue weighted by atomic mass is 10.0. The normalized spacial score (nSPS) is 15.3. The third-order valence-corrected chi connectivity index (χ3v) is 4.87. The number of piperidine rings is 1. The van der Waals surface area contributed by atoms with Crippen LogP contribution in [0, 0.1) is 6.92 Å². The van der Waals surface area contributed by atoms with Crippen molar-refractivity contribution in [3.8, 4) is 5.75 Å². The molecule has 1 aromatic carbocycles. The minimum Gasteiger partial charge on any atom is -0.494 e. The highest BCUT2D eigenvalue weighted by atomic mass is 16.5. The van der Waals surface area contributed by atoms with Gasteiger partial charge in [-0.1, -0.05) is 19.1 Å². The second-order valence-electron chi connectivity index (χ2n) is 6.84. The molecule has 0 spiro atoms. The van der Waals surface area contributed by atoms with Crippen molar-refractivity contribution in [1.29, 1.82) is 0 Å². The van der Waals surface area contributed by atoms with Crippen molar-refractivity contribution >= 4 is 11.9 Å². The molecule has 6 nitrogen and oxygen atoms in total. The van der Waals surface area contributed by atoms with Crippen LogP contribution in [0.3, 0.4) is 0 Å². The average molecular weight is 362 g/mol. The Balaban J connectivity index is 1.67. The zero-order valence-corrected chi connectivity index (χ0v) is 15.8. The summed E-state index contributed by atoms with van der Waals surface area (Å²) in [6.07, 6.45) is 2.87. The summed E-state index contributed by atoms with van der Waals surface area (Å²) in [7, 11) is 0. The number of hydrogen-bond acceptors (Lipinski definition) is 4. The topological polar surface area (TPSA) is 70.1 Å². The van der Waals surface area contributed by atoms with E-state index in [9.17, 15) is 9.59 Å². The van der Waals surface area contributed by atoms with E-state index in [1.807, 2.05) is 47.9 Å². The number of carboxylic acids is 1. The third-order valence-electron chi connectivity index (χ3n) is 4.87. The molecule has 0 aliphatic carbocycles. The molecule has 6 heteroatoms. The highest BCUT2D eigenvalue weighted by Crippen LogP contribution is 2.18. The average Bonchev–Trinajstić information content (AvgIpc) is 2.63. The zero-order chi connectivity index (χ0) is 18.9. The molecular weight excluding hydrogens is 332 g/mol. The molecular formula is C20H30N2O4. The van der Waals surface area contributed by atoms with E-state index in [1.54, 1.807) is 0 Å². The van der Waals surface area contributed by atoms with Crippen LogP contribution in [-0.4, -0.2) is 65.6 Å². The molecule has 1 amide bonds. The van der Waals surface area contributed by atoms with Crippen molar-refractivity contribution < 1.29 is 19.4 Å². The number of likely N-dealkylation sites (tertiary alicyclic amines) is 1. The van der Waals surface area contributed by atoms with E-state index in [0.717, 1.165) is 30.7 Å². The second kappa shape index (κ2) is 10.2. The first-order valence-electron chi connectivity index (χ1n) is 9.42. The quantitative estimate of drug-likeness (QED) is 0.684. The molecule has 0 radical (unpaired) electrons. The number of likely N-dealkylation sites (N-methyl/N-ethyl adjacent to an activating group) is 1. The van der Waals surface area contributed by atoms with E-state index in [4.69, 9.17) is 9.84 Å². The van der Waals surface area contributed by atoms with Gasteiger partial charge in [0.15, 0.2) is 0 Å². The summed E-state index contributed by atoms with van der Waals surface area (Å²) >= 11 is 0.